The van der Waals surface area contributed by atoms with Gasteiger partial charge in [-0.15, -0.1) is 0 Å². The van der Waals surface area contributed by atoms with E-state index in [9.17, 15) is 0 Å². The van der Waals surface area contributed by atoms with Crippen molar-refractivity contribution in [2.75, 3.05) is 6.54 Å². The Morgan fingerprint density at radius 3 is 2.65 bits per heavy atom. The van der Waals surface area contributed by atoms with Crippen LogP contribution in [0.25, 0.3) is 0 Å². The predicted molar refractivity (Wildman–Crippen MR) is 74.2 cm³/mol. The Morgan fingerprint density at radius 2 is 2.00 bits per heavy atom. The molecule has 1 N–H and O–H groups in total. The minimum Gasteiger partial charge on any atom is -0.314 e. The van der Waals surface area contributed by atoms with Crippen LogP contribution in [-0.2, 0) is 6.42 Å². The monoisotopic (exact) mass is 231 g/mol. The molecule has 1 saturated carbocycles. The second kappa shape index (κ2) is 6.80. The van der Waals surface area contributed by atoms with E-state index < -0.39 is 0 Å². The van der Waals surface area contributed by atoms with Gasteiger partial charge >= 0.3 is 0 Å². The summed E-state index contributed by atoms with van der Waals surface area (Å²) in [5.41, 5.74) is 1.46. The highest BCUT2D eigenvalue weighted by atomic mass is 14.9. The summed E-state index contributed by atoms with van der Waals surface area (Å²) in [5, 5.41) is 3.65. The highest BCUT2D eigenvalue weighted by Crippen LogP contribution is 2.30. The first kappa shape index (κ1) is 12.6. The Bertz CT molecular complexity index is 303. The molecule has 1 aliphatic rings. The molecule has 0 spiro atoms. The summed E-state index contributed by atoms with van der Waals surface area (Å²) in [4.78, 5) is 0. The van der Waals surface area contributed by atoms with Crippen molar-refractivity contribution in [2.24, 2.45) is 5.92 Å². The van der Waals surface area contributed by atoms with Crippen LogP contribution in [0.15, 0.2) is 30.3 Å². The topological polar surface area (TPSA) is 12.0 Å². The van der Waals surface area contributed by atoms with E-state index in [0.717, 1.165) is 12.5 Å². The fraction of sp³-hybridized carbons (Fsp3) is 0.625. The van der Waals surface area contributed by atoms with Crippen molar-refractivity contribution in [1.29, 1.82) is 0 Å². The van der Waals surface area contributed by atoms with E-state index >= 15 is 0 Å². The Labute approximate surface area is 106 Å². The number of hydrogen-bond acceptors (Lipinski definition) is 1. The Balaban J connectivity index is 1.53. The van der Waals surface area contributed by atoms with Gasteiger partial charge in [0.2, 0.25) is 0 Å². The zero-order chi connectivity index (χ0) is 11.9. The van der Waals surface area contributed by atoms with Crippen LogP contribution >= 0.6 is 0 Å². The molecule has 1 aliphatic carbocycles. The second-order valence-corrected chi connectivity index (χ2v) is 5.48. The Hall–Kier alpha value is -0.820. The first-order valence-electron chi connectivity index (χ1n) is 7.12. The lowest BCUT2D eigenvalue weighted by Crippen LogP contribution is -2.31. The van der Waals surface area contributed by atoms with Gasteiger partial charge in [0.05, 0.1) is 0 Å². The molecule has 1 nitrogen and oxygen atoms in total. The normalized spacial score (nSPS) is 17.7. The van der Waals surface area contributed by atoms with E-state index in [2.05, 4.69) is 42.6 Å². The van der Waals surface area contributed by atoms with E-state index in [1.165, 1.54) is 44.1 Å². The average Bonchev–Trinajstić information content (AvgIpc) is 2.31. The van der Waals surface area contributed by atoms with Gasteiger partial charge in [-0.05, 0) is 44.2 Å². The summed E-state index contributed by atoms with van der Waals surface area (Å²) in [6.45, 7) is 3.49. The third-order valence-electron chi connectivity index (χ3n) is 3.89. The lowest BCUT2D eigenvalue weighted by Gasteiger charge is -2.28. The van der Waals surface area contributed by atoms with Crippen LogP contribution in [0.1, 0.15) is 44.6 Å². The van der Waals surface area contributed by atoms with Crippen LogP contribution in [0.3, 0.4) is 0 Å². The third-order valence-corrected chi connectivity index (χ3v) is 3.89. The van der Waals surface area contributed by atoms with Crippen molar-refractivity contribution in [2.45, 2.75) is 51.5 Å². The van der Waals surface area contributed by atoms with Crippen molar-refractivity contribution >= 4 is 0 Å². The molecular weight excluding hydrogens is 206 g/mol. The van der Waals surface area contributed by atoms with Gasteiger partial charge in [-0.1, -0.05) is 49.6 Å². The summed E-state index contributed by atoms with van der Waals surface area (Å²) in [7, 11) is 0. The minimum atomic E-state index is 0.705. The van der Waals surface area contributed by atoms with E-state index in [-0.39, 0.29) is 0 Å². The molecule has 1 heteroatoms. The third kappa shape index (κ3) is 4.51. The SMILES string of the molecule is CC(CC1CCC1)NCCCc1ccccc1. The highest BCUT2D eigenvalue weighted by Gasteiger charge is 2.19. The molecule has 17 heavy (non-hydrogen) atoms. The first-order valence-corrected chi connectivity index (χ1v) is 7.12. The van der Waals surface area contributed by atoms with Gasteiger partial charge in [0.1, 0.15) is 0 Å². The van der Waals surface area contributed by atoms with Gasteiger partial charge in [-0.2, -0.15) is 0 Å². The van der Waals surface area contributed by atoms with Gasteiger partial charge in [0.25, 0.3) is 0 Å². The van der Waals surface area contributed by atoms with Gasteiger partial charge in [-0.3, -0.25) is 0 Å². The smallest absolute Gasteiger partial charge is 0.00413 e. The number of hydrogen-bond donors (Lipinski definition) is 1. The molecule has 0 aliphatic heterocycles. The van der Waals surface area contributed by atoms with Crippen molar-refractivity contribution in [3.05, 3.63) is 35.9 Å². The largest absolute Gasteiger partial charge is 0.314 e. The lowest BCUT2D eigenvalue weighted by molar-refractivity contribution is 0.266. The molecular formula is C16H25N. The maximum atomic E-state index is 3.65. The summed E-state index contributed by atoms with van der Waals surface area (Å²) in [6.07, 6.45) is 8.23. The second-order valence-electron chi connectivity index (χ2n) is 5.48. The zero-order valence-corrected chi connectivity index (χ0v) is 11.0. The Morgan fingerprint density at radius 1 is 1.24 bits per heavy atom. The van der Waals surface area contributed by atoms with Gasteiger partial charge in [0.15, 0.2) is 0 Å². The summed E-state index contributed by atoms with van der Waals surface area (Å²) in [6, 6.07) is 11.5. The number of nitrogens with one attached hydrogen (secondary N) is 1. The molecule has 94 valence electrons. The van der Waals surface area contributed by atoms with Crippen molar-refractivity contribution in [3.8, 4) is 0 Å². The molecule has 0 bridgehead atoms. The number of rotatable bonds is 7. The molecule has 1 fully saturated rings. The molecule has 0 amide bonds. The van der Waals surface area contributed by atoms with Crippen molar-refractivity contribution in [3.63, 3.8) is 0 Å². The summed E-state index contributed by atoms with van der Waals surface area (Å²) < 4.78 is 0. The molecule has 1 aromatic carbocycles. The number of benzene rings is 1. The number of aryl methyl sites for hydroxylation is 1. The fourth-order valence-electron chi connectivity index (χ4n) is 2.60. The minimum absolute atomic E-state index is 0.705. The molecule has 1 aromatic rings. The van der Waals surface area contributed by atoms with Crippen LogP contribution in [0.4, 0.5) is 0 Å². The quantitative estimate of drug-likeness (QED) is 0.704. The van der Waals surface area contributed by atoms with E-state index in [1.807, 2.05) is 0 Å². The van der Waals surface area contributed by atoms with Crippen LogP contribution in [-0.4, -0.2) is 12.6 Å². The molecule has 0 saturated heterocycles. The van der Waals surface area contributed by atoms with Crippen LogP contribution in [0, 0.1) is 5.92 Å². The molecule has 1 unspecified atom stereocenters. The van der Waals surface area contributed by atoms with Crippen LogP contribution in [0.5, 0.6) is 0 Å². The molecule has 2 rings (SSSR count). The van der Waals surface area contributed by atoms with Crippen molar-refractivity contribution < 1.29 is 0 Å². The average molecular weight is 231 g/mol. The summed E-state index contributed by atoms with van der Waals surface area (Å²) >= 11 is 0. The van der Waals surface area contributed by atoms with Gasteiger partial charge < -0.3 is 5.32 Å². The summed E-state index contributed by atoms with van der Waals surface area (Å²) in [5.74, 6) is 1.02. The molecule has 1 atom stereocenters. The Kier molecular flexibility index (Phi) is 5.06. The highest BCUT2D eigenvalue weighted by molar-refractivity contribution is 5.14. The van der Waals surface area contributed by atoms with Gasteiger partial charge in [-0.25, -0.2) is 0 Å². The zero-order valence-electron chi connectivity index (χ0n) is 11.0. The van der Waals surface area contributed by atoms with Crippen LogP contribution < -0.4 is 5.32 Å². The standard InChI is InChI=1S/C16H25N/c1-14(13-16-9-5-10-16)17-12-6-11-15-7-3-2-4-8-15/h2-4,7-8,14,16-17H,5-6,9-13H2,1H3. The van der Waals surface area contributed by atoms with E-state index in [4.69, 9.17) is 0 Å². The lowest BCUT2D eigenvalue weighted by atomic mass is 9.81. The maximum absolute atomic E-state index is 3.65. The van der Waals surface area contributed by atoms with Crippen molar-refractivity contribution in [1.82, 2.24) is 5.32 Å². The molecule has 0 radical (unpaired) electrons. The first-order chi connectivity index (χ1) is 8.34. The maximum Gasteiger partial charge on any atom is 0.00413 e. The van der Waals surface area contributed by atoms with Crippen LogP contribution in [0.2, 0.25) is 0 Å². The van der Waals surface area contributed by atoms with E-state index in [1.54, 1.807) is 0 Å². The van der Waals surface area contributed by atoms with Gasteiger partial charge in [0, 0.05) is 6.04 Å². The predicted octanol–water partition coefficient (Wildman–Crippen LogP) is 3.79. The fourth-order valence-corrected chi connectivity index (χ4v) is 2.60. The molecule has 0 heterocycles. The molecule has 0 aromatic heterocycles. The van der Waals surface area contributed by atoms with E-state index in [0.29, 0.717) is 6.04 Å².